The molecular formula is C10H11N5O2. The van der Waals surface area contributed by atoms with Gasteiger partial charge in [-0.1, -0.05) is 0 Å². The summed E-state index contributed by atoms with van der Waals surface area (Å²) < 4.78 is 0. The first-order valence-electron chi connectivity index (χ1n) is 4.98. The van der Waals surface area contributed by atoms with Crippen LogP contribution in [0.1, 0.15) is 12.5 Å². The van der Waals surface area contributed by atoms with Gasteiger partial charge in [-0.3, -0.25) is 4.79 Å². The number of urea groups is 1. The van der Waals surface area contributed by atoms with Gasteiger partial charge < -0.3 is 4.98 Å². The van der Waals surface area contributed by atoms with Crippen LogP contribution in [0.5, 0.6) is 0 Å². The van der Waals surface area contributed by atoms with E-state index in [9.17, 15) is 9.59 Å². The van der Waals surface area contributed by atoms with E-state index in [0.29, 0.717) is 12.1 Å². The second-order valence-corrected chi connectivity index (χ2v) is 3.55. The summed E-state index contributed by atoms with van der Waals surface area (Å²) in [5, 5.41) is 9.05. The van der Waals surface area contributed by atoms with Gasteiger partial charge in [-0.25, -0.2) is 15.2 Å². The quantitative estimate of drug-likeness (QED) is 0.710. The molecule has 0 fully saturated rings. The molecule has 2 amide bonds. The number of aromatic amines is 1. The van der Waals surface area contributed by atoms with Crippen LogP contribution in [0.4, 0.5) is 4.79 Å². The van der Waals surface area contributed by atoms with Gasteiger partial charge in [0.2, 0.25) is 5.56 Å². The highest BCUT2D eigenvalue weighted by molar-refractivity contribution is 5.92. The van der Waals surface area contributed by atoms with Crippen LogP contribution >= 0.6 is 0 Å². The summed E-state index contributed by atoms with van der Waals surface area (Å²) in [5.41, 5.74) is 3.62. The summed E-state index contributed by atoms with van der Waals surface area (Å²) >= 11 is 0. The zero-order chi connectivity index (χ0) is 12.3. The first-order valence-corrected chi connectivity index (χ1v) is 4.98. The van der Waals surface area contributed by atoms with Gasteiger partial charge in [0.25, 0.3) is 0 Å². The molecule has 1 aliphatic rings. The van der Waals surface area contributed by atoms with Gasteiger partial charge in [0.15, 0.2) is 0 Å². The van der Waals surface area contributed by atoms with Crippen LogP contribution in [0.2, 0.25) is 0 Å². The van der Waals surface area contributed by atoms with Crippen LogP contribution in [0, 0.1) is 0 Å². The van der Waals surface area contributed by atoms with E-state index < -0.39 is 0 Å². The molecule has 0 bridgehead atoms. The third-order valence-electron chi connectivity index (χ3n) is 2.11. The molecule has 88 valence electrons. The average molecular weight is 233 g/mol. The smallest absolute Gasteiger partial charge is 0.328 e. The number of amides is 2. The van der Waals surface area contributed by atoms with E-state index in [-0.39, 0.29) is 11.6 Å². The number of carbonyl (C=O) groups excluding carboxylic acids is 1. The van der Waals surface area contributed by atoms with Gasteiger partial charge in [0.1, 0.15) is 0 Å². The molecule has 0 radical (unpaired) electrons. The molecule has 0 saturated heterocycles. The highest BCUT2D eigenvalue weighted by atomic mass is 16.2. The number of aromatic nitrogens is 1. The van der Waals surface area contributed by atoms with E-state index in [1.807, 2.05) is 0 Å². The number of nitrogens with one attached hydrogen (secondary N) is 2. The third kappa shape index (κ3) is 2.77. The highest BCUT2D eigenvalue weighted by Crippen LogP contribution is 1.98. The minimum atomic E-state index is -0.378. The second kappa shape index (κ2) is 4.60. The zero-order valence-electron chi connectivity index (χ0n) is 9.17. The van der Waals surface area contributed by atoms with E-state index in [0.717, 1.165) is 5.71 Å². The van der Waals surface area contributed by atoms with Crippen molar-refractivity contribution in [3.63, 3.8) is 0 Å². The van der Waals surface area contributed by atoms with Crippen LogP contribution in [0.15, 0.2) is 33.3 Å². The Morgan fingerprint density at radius 2 is 2.29 bits per heavy atom. The van der Waals surface area contributed by atoms with Crippen molar-refractivity contribution < 1.29 is 4.79 Å². The van der Waals surface area contributed by atoms with E-state index in [2.05, 4.69) is 20.6 Å². The number of hydrazone groups is 2. The minimum Gasteiger partial charge on any atom is -0.328 e. The van der Waals surface area contributed by atoms with E-state index in [4.69, 9.17) is 0 Å². The summed E-state index contributed by atoms with van der Waals surface area (Å²) in [7, 11) is 0. The largest absolute Gasteiger partial charge is 0.358 e. The first-order chi connectivity index (χ1) is 8.15. The SMILES string of the molecule is CC1=NNC(=O)N(/N=C/c2ccc(=O)[nH]c2)C1. The summed E-state index contributed by atoms with van der Waals surface area (Å²) in [6.45, 7) is 2.15. The summed E-state index contributed by atoms with van der Waals surface area (Å²) in [5.74, 6) is 0. The Kier molecular flexibility index (Phi) is 2.99. The Morgan fingerprint density at radius 3 is 3.00 bits per heavy atom. The van der Waals surface area contributed by atoms with Crippen molar-refractivity contribution in [1.29, 1.82) is 0 Å². The number of pyridine rings is 1. The fourth-order valence-electron chi connectivity index (χ4n) is 1.26. The summed E-state index contributed by atoms with van der Waals surface area (Å²) in [6.07, 6.45) is 3.02. The van der Waals surface area contributed by atoms with Crippen LogP contribution in [0.25, 0.3) is 0 Å². The normalized spacial score (nSPS) is 15.9. The monoisotopic (exact) mass is 233 g/mol. The van der Waals surface area contributed by atoms with Crippen molar-refractivity contribution in [2.24, 2.45) is 10.2 Å². The van der Waals surface area contributed by atoms with Crippen LogP contribution in [-0.4, -0.2) is 34.5 Å². The van der Waals surface area contributed by atoms with Crippen LogP contribution in [0.3, 0.4) is 0 Å². The molecule has 2 heterocycles. The maximum atomic E-state index is 11.4. The third-order valence-corrected chi connectivity index (χ3v) is 2.11. The number of rotatable bonds is 2. The fourth-order valence-corrected chi connectivity index (χ4v) is 1.26. The maximum absolute atomic E-state index is 11.4. The summed E-state index contributed by atoms with van der Waals surface area (Å²) in [4.78, 5) is 24.7. The van der Waals surface area contributed by atoms with Crippen LogP contribution in [-0.2, 0) is 0 Å². The number of nitrogens with zero attached hydrogens (tertiary/aromatic N) is 3. The molecule has 0 aliphatic carbocycles. The first kappa shape index (κ1) is 11.1. The van der Waals surface area contributed by atoms with Crippen molar-refractivity contribution in [3.8, 4) is 0 Å². The molecule has 0 atom stereocenters. The Morgan fingerprint density at radius 1 is 1.47 bits per heavy atom. The van der Waals surface area contributed by atoms with Gasteiger partial charge in [0.05, 0.1) is 18.5 Å². The molecular weight excluding hydrogens is 222 g/mol. The van der Waals surface area contributed by atoms with Gasteiger partial charge in [-0.2, -0.15) is 10.2 Å². The predicted molar refractivity (Wildman–Crippen MR) is 63.0 cm³/mol. The number of hydrogen-bond acceptors (Lipinski definition) is 4. The Balaban J connectivity index is 2.10. The minimum absolute atomic E-state index is 0.180. The second-order valence-electron chi connectivity index (χ2n) is 3.55. The van der Waals surface area contributed by atoms with Crippen molar-refractivity contribution in [3.05, 3.63) is 34.2 Å². The molecule has 0 saturated carbocycles. The lowest BCUT2D eigenvalue weighted by Crippen LogP contribution is -2.42. The van der Waals surface area contributed by atoms with Crippen molar-refractivity contribution in [2.75, 3.05) is 6.54 Å². The van der Waals surface area contributed by atoms with Gasteiger partial charge in [0, 0.05) is 17.8 Å². The molecule has 2 rings (SSSR count). The molecule has 1 aliphatic heterocycles. The van der Waals surface area contributed by atoms with E-state index in [1.165, 1.54) is 23.5 Å². The van der Waals surface area contributed by atoms with Gasteiger partial charge in [-0.05, 0) is 13.0 Å². The van der Waals surface area contributed by atoms with Crippen LogP contribution < -0.4 is 11.0 Å². The standard InChI is InChI=1S/C10H11N5O2/c1-7-6-15(10(17)14-13-7)12-5-8-2-3-9(16)11-4-8/h2-5H,6H2,1H3,(H,11,16)(H,14,17)/b12-5+. The molecule has 0 spiro atoms. The molecule has 17 heavy (non-hydrogen) atoms. The lowest BCUT2D eigenvalue weighted by atomic mass is 10.3. The number of carbonyl (C=O) groups is 1. The zero-order valence-corrected chi connectivity index (χ0v) is 9.17. The number of hydrogen-bond donors (Lipinski definition) is 2. The maximum Gasteiger partial charge on any atom is 0.358 e. The number of H-pyrrole nitrogens is 1. The summed E-state index contributed by atoms with van der Waals surface area (Å²) in [6, 6.07) is 2.63. The molecule has 1 aromatic rings. The van der Waals surface area contributed by atoms with E-state index >= 15 is 0 Å². The molecule has 0 aromatic carbocycles. The fraction of sp³-hybridized carbons (Fsp3) is 0.200. The van der Waals surface area contributed by atoms with Crippen molar-refractivity contribution in [1.82, 2.24) is 15.4 Å². The van der Waals surface area contributed by atoms with Crippen molar-refractivity contribution in [2.45, 2.75) is 6.92 Å². The molecule has 7 heteroatoms. The Hall–Kier alpha value is -2.44. The molecule has 1 aromatic heterocycles. The topological polar surface area (TPSA) is 89.9 Å². The highest BCUT2D eigenvalue weighted by Gasteiger charge is 2.16. The average Bonchev–Trinajstić information content (AvgIpc) is 2.32. The molecule has 7 nitrogen and oxygen atoms in total. The van der Waals surface area contributed by atoms with Gasteiger partial charge >= 0.3 is 6.03 Å². The lowest BCUT2D eigenvalue weighted by Gasteiger charge is -2.20. The van der Waals surface area contributed by atoms with E-state index in [1.54, 1.807) is 13.0 Å². The molecule has 0 unspecified atom stereocenters. The Labute approximate surface area is 96.8 Å². The Bertz CT molecular complexity index is 525. The van der Waals surface area contributed by atoms with Gasteiger partial charge in [-0.15, -0.1) is 0 Å². The van der Waals surface area contributed by atoms with Crippen molar-refractivity contribution >= 4 is 18.0 Å². The molecule has 2 N–H and O–H groups in total. The predicted octanol–water partition coefficient (Wildman–Crippen LogP) is 0.110. The lowest BCUT2D eigenvalue weighted by molar-refractivity contribution is 0.204.